The molecule has 13 heteroatoms. The number of aryl methyl sites for hydroxylation is 1. The van der Waals surface area contributed by atoms with E-state index in [1.165, 1.54) is 16.7 Å². The van der Waals surface area contributed by atoms with Crippen LogP contribution in [0.5, 0.6) is 17.2 Å². The van der Waals surface area contributed by atoms with E-state index >= 15 is 0 Å². The predicted molar refractivity (Wildman–Crippen MR) is 135 cm³/mol. The lowest BCUT2D eigenvalue weighted by molar-refractivity contribution is -0.113. The van der Waals surface area contributed by atoms with E-state index in [0.29, 0.717) is 50.5 Å². The molecule has 0 radical (unpaired) electrons. The molecule has 2 aromatic heterocycles. The molecule has 0 atom stereocenters. The van der Waals surface area contributed by atoms with Gasteiger partial charge in [-0.25, -0.2) is 4.98 Å². The predicted octanol–water partition coefficient (Wildman–Crippen LogP) is 3.19. The Morgan fingerprint density at radius 1 is 1.11 bits per heavy atom. The lowest BCUT2D eigenvalue weighted by Gasteiger charge is -2.14. The van der Waals surface area contributed by atoms with Crippen LogP contribution in [-0.2, 0) is 11.3 Å². The third-order valence-electron chi connectivity index (χ3n) is 4.93. The Hall–Kier alpha value is -3.32. The second-order valence-corrected chi connectivity index (χ2v) is 9.38. The van der Waals surface area contributed by atoms with Gasteiger partial charge in [-0.15, -0.1) is 10.2 Å². The molecule has 3 rings (SSSR count). The quantitative estimate of drug-likeness (QED) is 0.402. The zero-order valence-electron chi connectivity index (χ0n) is 20.7. The van der Waals surface area contributed by atoms with Gasteiger partial charge in [-0.2, -0.15) is 0 Å². The number of nitrogens with one attached hydrogen (secondary N) is 1. The first-order valence-electron chi connectivity index (χ1n) is 10.6. The van der Waals surface area contributed by atoms with Crippen LogP contribution in [0.25, 0.3) is 11.4 Å². The number of methoxy groups -OCH3 is 3. The van der Waals surface area contributed by atoms with E-state index in [1.807, 2.05) is 11.5 Å². The van der Waals surface area contributed by atoms with E-state index in [2.05, 4.69) is 20.5 Å². The van der Waals surface area contributed by atoms with E-state index in [9.17, 15) is 9.59 Å². The maximum Gasteiger partial charge on any atom is 0.265 e. The number of amides is 2. The number of carbonyl (C=O) groups excluding carboxylic acids is 2. The van der Waals surface area contributed by atoms with Crippen LogP contribution in [0.4, 0.5) is 5.13 Å². The maximum atomic E-state index is 12.6. The molecule has 0 aliphatic heterocycles. The third-order valence-corrected chi connectivity index (χ3v) is 6.96. The average Bonchev–Trinajstić information content (AvgIpc) is 3.43. The van der Waals surface area contributed by atoms with Crippen molar-refractivity contribution in [3.8, 4) is 28.6 Å². The third kappa shape index (κ3) is 5.68. The number of anilines is 1. The largest absolute Gasteiger partial charge is 0.493 e. The zero-order chi connectivity index (χ0) is 25.7. The van der Waals surface area contributed by atoms with Crippen LogP contribution in [0, 0.1) is 6.92 Å². The topological polar surface area (TPSA) is 121 Å². The van der Waals surface area contributed by atoms with Crippen LogP contribution in [0.2, 0.25) is 0 Å². The number of thioether (sulfide) groups is 1. The van der Waals surface area contributed by atoms with Crippen LogP contribution in [-0.4, -0.2) is 77.6 Å². The van der Waals surface area contributed by atoms with E-state index in [4.69, 9.17) is 14.2 Å². The molecule has 0 unspecified atom stereocenters. The summed E-state index contributed by atoms with van der Waals surface area (Å²) in [6.45, 7) is 4.30. The summed E-state index contributed by atoms with van der Waals surface area (Å²) in [5, 5.41) is 12.3. The molecule has 3 aromatic rings. The Bertz CT molecular complexity index is 1200. The molecule has 0 bridgehead atoms. The van der Waals surface area contributed by atoms with Crippen LogP contribution in [0.15, 0.2) is 17.3 Å². The molecule has 1 aromatic carbocycles. The molecule has 0 saturated carbocycles. The smallest absolute Gasteiger partial charge is 0.265 e. The minimum absolute atomic E-state index is 0.100. The number of thiazole rings is 1. The summed E-state index contributed by atoms with van der Waals surface area (Å²) in [4.78, 5) is 31.1. The molecule has 11 nitrogen and oxygen atoms in total. The Morgan fingerprint density at radius 2 is 1.77 bits per heavy atom. The van der Waals surface area contributed by atoms with Crippen molar-refractivity contribution in [1.29, 1.82) is 0 Å². The Balaban J connectivity index is 1.76. The molecule has 0 saturated heterocycles. The van der Waals surface area contributed by atoms with Crippen molar-refractivity contribution in [1.82, 2.24) is 24.6 Å². The van der Waals surface area contributed by atoms with Gasteiger partial charge in [0.25, 0.3) is 5.91 Å². The van der Waals surface area contributed by atoms with Gasteiger partial charge < -0.3 is 29.0 Å². The van der Waals surface area contributed by atoms with Gasteiger partial charge in [0.15, 0.2) is 27.6 Å². The van der Waals surface area contributed by atoms with Crippen LogP contribution in [0.3, 0.4) is 0 Å². The standard InChI is InChI=1S/C22H28N6O5S2/c1-8-28-19(13-9-14(31-5)17(33-7)15(10-13)32-6)25-26-22(28)34-11-16(29)24-21-23-12(2)18(35-21)20(30)27(3)4/h9-10H,8,11H2,1-7H3,(H,23,24,29). The number of benzene rings is 1. The summed E-state index contributed by atoms with van der Waals surface area (Å²) in [7, 11) is 7.99. The fourth-order valence-electron chi connectivity index (χ4n) is 3.24. The number of hydrogen-bond acceptors (Lipinski definition) is 10. The summed E-state index contributed by atoms with van der Waals surface area (Å²) in [6, 6.07) is 3.60. The van der Waals surface area contributed by atoms with Crippen molar-refractivity contribution in [3.05, 3.63) is 22.7 Å². The van der Waals surface area contributed by atoms with Gasteiger partial charge in [0.2, 0.25) is 11.7 Å². The van der Waals surface area contributed by atoms with E-state index in [0.717, 1.165) is 16.9 Å². The van der Waals surface area contributed by atoms with Gasteiger partial charge in [-0.1, -0.05) is 23.1 Å². The number of nitrogens with zero attached hydrogens (tertiary/aromatic N) is 5. The molecule has 2 amide bonds. The Kier molecular flexibility index (Phi) is 8.57. The highest BCUT2D eigenvalue weighted by atomic mass is 32.2. The van der Waals surface area contributed by atoms with Gasteiger partial charge >= 0.3 is 0 Å². The van der Waals surface area contributed by atoms with Crippen LogP contribution in [0.1, 0.15) is 22.3 Å². The molecule has 0 fully saturated rings. The molecule has 0 aliphatic carbocycles. The van der Waals surface area contributed by atoms with Crippen molar-refractivity contribution >= 4 is 40.0 Å². The van der Waals surface area contributed by atoms with Crippen molar-refractivity contribution in [2.24, 2.45) is 0 Å². The molecule has 0 spiro atoms. The number of rotatable bonds is 10. The summed E-state index contributed by atoms with van der Waals surface area (Å²) in [6.07, 6.45) is 0. The zero-order valence-corrected chi connectivity index (χ0v) is 22.3. The lowest BCUT2D eigenvalue weighted by Crippen LogP contribution is -2.21. The first kappa shape index (κ1) is 26.3. The molecular formula is C22H28N6O5S2. The number of ether oxygens (including phenoxy) is 3. The number of hydrogen-bond donors (Lipinski definition) is 1. The average molecular weight is 521 g/mol. The van der Waals surface area contributed by atoms with E-state index in [1.54, 1.807) is 54.5 Å². The summed E-state index contributed by atoms with van der Waals surface area (Å²) >= 11 is 2.41. The maximum absolute atomic E-state index is 12.6. The van der Waals surface area contributed by atoms with Gasteiger partial charge in [-0.3, -0.25) is 9.59 Å². The van der Waals surface area contributed by atoms with Gasteiger partial charge in [0.1, 0.15) is 4.88 Å². The van der Waals surface area contributed by atoms with Crippen LogP contribution >= 0.6 is 23.1 Å². The second kappa shape index (κ2) is 11.4. The van der Waals surface area contributed by atoms with Gasteiger partial charge in [0, 0.05) is 26.2 Å². The van der Waals surface area contributed by atoms with Gasteiger partial charge in [-0.05, 0) is 26.0 Å². The molecule has 35 heavy (non-hydrogen) atoms. The van der Waals surface area contributed by atoms with Crippen molar-refractivity contribution in [3.63, 3.8) is 0 Å². The summed E-state index contributed by atoms with van der Waals surface area (Å²) in [5.41, 5.74) is 1.32. The highest BCUT2D eigenvalue weighted by Crippen LogP contribution is 2.41. The second-order valence-electron chi connectivity index (χ2n) is 7.43. The number of carbonyl (C=O) groups is 2. The van der Waals surface area contributed by atoms with E-state index in [-0.39, 0.29) is 17.6 Å². The fraction of sp³-hybridized carbons (Fsp3) is 0.409. The minimum Gasteiger partial charge on any atom is -0.493 e. The SMILES string of the molecule is CCn1c(SCC(=O)Nc2nc(C)c(C(=O)N(C)C)s2)nnc1-c1cc(OC)c(OC)c(OC)c1. The fourth-order valence-corrected chi connectivity index (χ4v) is 5.05. The van der Waals surface area contributed by atoms with Crippen molar-refractivity contribution < 1.29 is 23.8 Å². The van der Waals surface area contributed by atoms with Crippen LogP contribution < -0.4 is 19.5 Å². The van der Waals surface area contributed by atoms with Crippen molar-refractivity contribution in [2.45, 2.75) is 25.5 Å². The molecular weight excluding hydrogens is 492 g/mol. The monoisotopic (exact) mass is 520 g/mol. The van der Waals surface area contributed by atoms with Crippen molar-refractivity contribution in [2.75, 3.05) is 46.5 Å². The normalized spacial score (nSPS) is 10.7. The molecule has 1 N–H and O–H groups in total. The summed E-state index contributed by atoms with van der Waals surface area (Å²) < 4.78 is 18.2. The highest BCUT2D eigenvalue weighted by molar-refractivity contribution is 7.99. The molecule has 2 heterocycles. The molecule has 188 valence electrons. The highest BCUT2D eigenvalue weighted by Gasteiger charge is 2.21. The summed E-state index contributed by atoms with van der Waals surface area (Å²) in [5.74, 6) is 1.80. The first-order chi connectivity index (χ1) is 16.7. The first-order valence-corrected chi connectivity index (χ1v) is 12.4. The lowest BCUT2D eigenvalue weighted by atomic mass is 10.1. The minimum atomic E-state index is -0.257. The number of aromatic nitrogens is 4. The van der Waals surface area contributed by atoms with E-state index < -0.39 is 0 Å². The Labute approximate surface area is 211 Å². The molecule has 0 aliphatic rings. The van der Waals surface area contributed by atoms with Gasteiger partial charge in [0.05, 0.1) is 32.8 Å². The Morgan fingerprint density at radius 3 is 2.31 bits per heavy atom.